The van der Waals surface area contributed by atoms with E-state index in [1.807, 2.05) is 0 Å². The molecule has 0 amide bonds. The van der Waals surface area contributed by atoms with E-state index >= 15 is 0 Å². The maximum Gasteiger partial charge on any atom is 0.336 e. The molecule has 2 aromatic rings. The van der Waals surface area contributed by atoms with Gasteiger partial charge in [0.1, 0.15) is 0 Å². The second kappa shape index (κ2) is 5.83. The van der Waals surface area contributed by atoms with Crippen molar-refractivity contribution in [2.24, 2.45) is 0 Å². The average molecular weight is 330 g/mol. The molecule has 20 heavy (non-hydrogen) atoms. The lowest BCUT2D eigenvalue weighted by Crippen LogP contribution is -2.11. The summed E-state index contributed by atoms with van der Waals surface area (Å²) in [7, 11) is 0. The van der Waals surface area contributed by atoms with Gasteiger partial charge in [0.05, 0.1) is 26.2 Å². The van der Waals surface area contributed by atoms with Crippen LogP contribution < -0.4 is 0 Å². The van der Waals surface area contributed by atoms with Crippen molar-refractivity contribution in [2.45, 2.75) is 0 Å². The van der Waals surface area contributed by atoms with Gasteiger partial charge in [-0.25, -0.2) is 4.79 Å². The second-order valence-corrected chi connectivity index (χ2v) is 5.07. The molecule has 0 saturated heterocycles. The summed E-state index contributed by atoms with van der Waals surface area (Å²) in [6.45, 7) is 0. The lowest BCUT2D eigenvalue weighted by Gasteiger charge is -2.10. The molecule has 0 aliphatic heterocycles. The summed E-state index contributed by atoms with van der Waals surface area (Å²) in [6.07, 6.45) is 0. The van der Waals surface area contributed by atoms with Gasteiger partial charge < -0.3 is 5.11 Å². The first-order valence-electron chi connectivity index (χ1n) is 5.44. The van der Waals surface area contributed by atoms with Gasteiger partial charge in [0.25, 0.3) is 0 Å². The number of carboxylic acids is 1. The molecule has 2 rings (SSSR count). The molecule has 102 valence electrons. The Morgan fingerprint density at radius 1 is 0.950 bits per heavy atom. The first-order valence-corrected chi connectivity index (χ1v) is 6.57. The molecular formula is C14H7Cl3O3. The third-order valence-corrected chi connectivity index (χ3v) is 3.92. The number of carboxylic acid groups (broad SMARTS) is 1. The molecule has 0 aliphatic rings. The van der Waals surface area contributed by atoms with Crippen molar-refractivity contribution in [3.05, 3.63) is 68.2 Å². The predicted octanol–water partition coefficient (Wildman–Crippen LogP) is 4.58. The zero-order valence-corrected chi connectivity index (χ0v) is 12.1. The van der Waals surface area contributed by atoms with Gasteiger partial charge in [-0.3, -0.25) is 4.79 Å². The monoisotopic (exact) mass is 328 g/mol. The lowest BCUT2D eigenvalue weighted by atomic mass is 9.98. The van der Waals surface area contributed by atoms with E-state index in [0.717, 1.165) is 6.07 Å². The van der Waals surface area contributed by atoms with Gasteiger partial charge >= 0.3 is 5.97 Å². The number of aromatic carboxylic acids is 1. The minimum Gasteiger partial charge on any atom is -0.478 e. The van der Waals surface area contributed by atoms with Crippen LogP contribution in [0.4, 0.5) is 0 Å². The van der Waals surface area contributed by atoms with E-state index < -0.39 is 11.8 Å². The molecule has 2 aromatic carbocycles. The molecule has 0 aromatic heterocycles. The van der Waals surface area contributed by atoms with Crippen LogP contribution in [0.25, 0.3) is 0 Å². The summed E-state index contributed by atoms with van der Waals surface area (Å²) in [5.41, 5.74) is -0.131. The Labute approximate surface area is 129 Å². The summed E-state index contributed by atoms with van der Waals surface area (Å²) in [6, 6.07) is 9.32. The minimum absolute atomic E-state index is 0.0151. The highest BCUT2D eigenvalue weighted by atomic mass is 35.5. The van der Waals surface area contributed by atoms with Crippen LogP contribution in [0.5, 0.6) is 0 Å². The second-order valence-electron chi connectivity index (χ2n) is 3.91. The highest BCUT2D eigenvalue weighted by Crippen LogP contribution is 2.36. The van der Waals surface area contributed by atoms with Gasteiger partial charge in [-0.1, -0.05) is 65.1 Å². The Morgan fingerprint density at radius 3 is 2.10 bits per heavy atom. The maximum absolute atomic E-state index is 12.4. The first-order chi connectivity index (χ1) is 9.43. The van der Waals surface area contributed by atoms with Crippen LogP contribution in [0.15, 0.2) is 36.4 Å². The van der Waals surface area contributed by atoms with E-state index in [-0.39, 0.29) is 26.2 Å². The van der Waals surface area contributed by atoms with Crippen molar-refractivity contribution in [3.8, 4) is 0 Å². The van der Waals surface area contributed by atoms with Crippen molar-refractivity contribution in [1.82, 2.24) is 0 Å². The Bertz CT molecular complexity index is 697. The quantitative estimate of drug-likeness (QED) is 0.662. The molecule has 3 nitrogen and oxygen atoms in total. The molecule has 0 saturated carbocycles. The number of hydrogen-bond donors (Lipinski definition) is 1. The van der Waals surface area contributed by atoms with Crippen LogP contribution in [0.3, 0.4) is 0 Å². The predicted molar refractivity (Wildman–Crippen MR) is 78.3 cm³/mol. The Balaban J connectivity index is 2.70. The van der Waals surface area contributed by atoms with E-state index in [0.29, 0.717) is 5.56 Å². The number of benzene rings is 2. The van der Waals surface area contributed by atoms with Crippen LogP contribution in [-0.4, -0.2) is 16.9 Å². The van der Waals surface area contributed by atoms with Crippen LogP contribution in [0, 0.1) is 0 Å². The molecule has 0 bridgehead atoms. The molecule has 0 aliphatic carbocycles. The van der Waals surface area contributed by atoms with Crippen LogP contribution in [0.1, 0.15) is 26.3 Å². The molecule has 0 fully saturated rings. The van der Waals surface area contributed by atoms with Crippen molar-refractivity contribution < 1.29 is 14.7 Å². The van der Waals surface area contributed by atoms with E-state index in [1.165, 1.54) is 0 Å². The number of ketones is 1. The smallest absolute Gasteiger partial charge is 0.336 e. The Morgan fingerprint density at radius 2 is 1.55 bits per heavy atom. The summed E-state index contributed by atoms with van der Waals surface area (Å²) in [5.74, 6) is -1.82. The topological polar surface area (TPSA) is 54.4 Å². The SMILES string of the molecule is O=C(O)c1cc(Cl)c(Cl)c(Cl)c1C(=O)c1ccccc1. The fourth-order valence-corrected chi connectivity index (χ4v) is 2.41. The van der Waals surface area contributed by atoms with Crippen molar-refractivity contribution in [2.75, 3.05) is 0 Å². The molecule has 0 heterocycles. The van der Waals surface area contributed by atoms with Crippen LogP contribution in [-0.2, 0) is 0 Å². The number of carbonyl (C=O) groups excluding carboxylic acids is 1. The third-order valence-electron chi connectivity index (χ3n) is 2.66. The van der Waals surface area contributed by atoms with Crippen molar-refractivity contribution >= 4 is 46.6 Å². The number of rotatable bonds is 3. The number of halogens is 3. The van der Waals surface area contributed by atoms with Crippen molar-refractivity contribution in [1.29, 1.82) is 0 Å². The summed E-state index contributed by atoms with van der Waals surface area (Å²) < 4.78 is 0. The standard InChI is InChI=1S/C14H7Cl3O3/c15-9-6-8(14(19)20)10(12(17)11(9)16)13(18)7-4-2-1-3-5-7/h1-6H,(H,19,20). The largest absolute Gasteiger partial charge is 0.478 e. The van der Waals surface area contributed by atoms with E-state index in [1.54, 1.807) is 30.3 Å². The molecule has 0 radical (unpaired) electrons. The Hall–Kier alpha value is -1.55. The average Bonchev–Trinajstić information content (AvgIpc) is 2.44. The number of carbonyl (C=O) groups is 2. The molecular weight excluding hydrogens is 323 g/mol. The van der Waals surface area contributed by atoms with E-state index in [9.17, 15) is 14.7 Å². The van der Waals surface area contributed by atoms with Crippen LogP contribution >= 0.6 is 34.8 Å². The summed E-state index contributed by atoms with van der Waals surface area (Å²) >= 11 is 17.7. The summed E-state index contributed by atoms with van der Waals surface area (Å²) in [5, 5.41) is 8.97. The van der Waals surface area contributed by atoms with Gasteiger partial charge in [-0.05, 0) is 6.07 Å². The van der Waals surface area contributed by atoms with E-state index in [4.69, 9.17) is 34.8 Å². The minimum atomic E-state index is -1.30. The lowest BCUT2D eigenvalue weighted by molar-refractivity contribution is 0.0693. The fraction of sp³-hybridized carbons (Fsp3) is 0. The highest BCUT2D eigenvalue weighted by molar-refractivity contribution is 6.50. The first kappa shape index (κ1) is 14.9. The summed E-state index contributed by atoms with van der Waals surface area (Å²) in [4.78, 5) is 23.7. The molecule has 0 unspecified atom stereocenters. The Kier molecular flexibility index (Phi) is 4.33. The molecule has 0 atom stereocenters. The highest BCUT2D eigenvalue weighted by Gasteiger charge is 2.25. The van der Waals surface area contributed by atoms with E-state index in [2.05, 4.69) is 0 Å². The third kappa shape index (κ3) is 2.66. The zero-order chi connectivity index (χ0) is 14.9. The van der Waals surface area contributed by atoms with Crippen molar-refractivity contribution in [3.63, 3.8) is 0 Å². The van der Waals surface area contributed by atoms with Gasteiger partial charge in [-0.2, -0.15) is 0 Å². The molecule has 1 N–H and O–H groups in total. The zero-order valence-electron chi connectivity index (χ0n) is 9.86. The van der Waals surface area contributed by atoms with Gasteiger partial charge in [0.15, 0.2) is 5.78 Å². The van der Waals surface area contributed by atoms with Gasteiger partial charge in [0, 0.05) is 5.56 Å². The van der Waals surface area contributed by atoms with Crippen LogP contribution in [0.2, 0.25) is 15.1 Å². The molecule has 0 spiro atoms. The fourth-order valence-electron chi connectivity index (χ4n) is 1.72. The van der Waals surface area contributed by atoms with Gasteiger partial charge in [-0.15, -0.1) is 0 Å². The normalized spacial score (nSPS) is 10.3. The number of hydrogen-bond acceptors (Lipinski definition) is 2. The van der Waals surface area contributed by atoms with Gasteiger partial charge in [0.2, 0.25) is 0 Å². The molecule has 6 heteroatoms. The maximum atomic E-state index is 12.4.